The summed E-state index contributed by atoms with van der Waals surface area (Å²) in [6.45, 7) is 3.82. The standard InChI is InChI=1S/C18H20Cl2N4O/c1-23-6-8-24(9-7-23)16-4-3-14(19)11-15(16)22-18(25)10-13-2-5-17(20)21-12-13/h2-5,11-12H,6-10H2,1H3,(H,22,25). The van der Waals surface area contributed by atoms with Crippen molar-refractivity contribution in [2.24, 2.45) is 0 Å². The van der Waals surface area contributed by atoms with E-state index in [1.54, 1.807) is 24.4 Å². The van der Waals surface area contributed by atoms with Crippen LogP contribution in [-0.2, 0) is 11.2 Å². The van der Waals surface area contributed by atoms with Gasteiger partial charge < -0.3 is 15.1 Å². The second-order valence-electron chi connectivity index (χ2n) is 6.17. The van der Waals surface area contributed by atoms with Gasteiger partial charge in [-0.2, -0.15) is 0 Å². The maximum absolute atomic E-state index is 12.4. The summed E-state index contributed by atoms with van der Waals surface area (Å²) in [5, 5.41) is 4.00. The summed E-state index contributed by atoms with van der Waals surface area (Å²) < 4.78 is 0. The van der Waals surface area contributed by atoms with Gasteiger partial charge >= 0.3 is 0 Å². The van der Waals surface area contributed by atoms with Crippen LogP contribution < -0.4 is 10.2 Å². The van der Waals surface area contributed by atoms with Crippen molar-refractivity contribution in [3.05, 3.63) is 52.3 Å². The lowest BCUT2D eigenvalue weighted by molar-refractivity contribution is -0.115. The van der Waals surface area contributed by atoms with Gasteiger partial charge in [0.2, 0.25) is 5.91 Å². The molecule has 0 saturated carbocycles. The third-order valence-corrected chi connectivity index (χ3v) is 4.69. The van der Waals surface area contributed by atoms with Crippen molar-refractivity contribution in [3.8, 4) is 0 Å². The molecule has 0 radical (unpaired) electrons. The van der Waals surface area contributed by atoms with Crippen molar-refractivity contribution in [3.63, 3.8) is 0 Å². The highest BCUT2D eigenvalue weighted by molar-refractivity contribution is 6.31. The number of likely N-dealkylation sites (N-methyl/N-ethyl adjacent to an activating group) is 1. The fraction of sp³-hybridized carbons (Fsp3) is 0.333. The SMILES string of the molecule is CN1CCN(c2ccc(Cl)cc2NC(=O)Cc2ccc(Cl)nc2)CC1. The average molecular weight is 379 g/mol. The Hall–Kier alpha value is -1.82. The van der Waals surface area contributed by atoms with Gasteiger partial charge in [0.1, 0.15) is 5.15 Å². The number of benzene rings is 1. The molecular formula is C18H20Cl2N4O. The van der Waals surface area contributed by atoms with E-state index in [1.165, 1.54) is 0 Å². The normalized spacial score (nSPS) is 15.2. The van der Waals surface area contributed by atoms with Crippen molar-refractivity contribution in [2.75, 3.05) is 43.4 Å². The zero-order valence-corrected chi connectivity index (χ0v) is 15.5. The number of halogens is 2. The lowest BCUT2D eigenvalue weighted by Gasteiger charge is -2.35. The van der Waals surface area contributed by atoms with Crippen LogP contribution in [0.15, 0.2) is 36.5 Å². The van der Waals surface area contributed by atoms with Crippen molar-refractivity contribution < 1.29 is 4.79 Å². The molecule has 0 spiro atoms. The predicted molar refractivity (Wildman–Crippen MR) is 103 cm³/mol. The van der Waals surface area contributed by atoms with Crippen LogP contribution in [0.2, 0.25) is 10.2 Å². The van der Waals surface area contributed by atoms with E-state index in [0.29, 0.717) is 10.2 Å². The second-order valence-corrected chi connectivity index (χ2v) is 6.99. The number of carbonyl (C=O) groups excluding carboxylic acids is 1. The van der Waals surface area contributed by atoms with Gasteiger partial charge in [-0.3, -0.25) is 4.79 Å². The molecule has 132 valence electrons. The van der Waals surface area contributed by atoms with Gasteiger partial charge in [-0.05, 0) is 36.9 Å². The molecule has 1 N–H and O–H groups in total. The van der Waals surface area contributed by atoms with Crippen molar-refractivity contribution in [2.45, 2.75) is 6.42 Å². The number of hydrogen-bond donors (Lipinski definition) is 1. The third kappa shape index (κ3) is 4.84. The van der Waals surface area contributed by atoms with Crippen LogP contribution >= 0.6 is 23.2 Å². The van der Waals surface area contributed by atoms with E-state index in [-0.39, 0.29) is 12.3 Å². The molecular weight excluding hydrogens is 359 g/mol. The van der Waals surface area contributed by atoms with Crippen LogP contribution in [0.5, 0.6) is 0 Å². The van der Waals surface area contributed by atoms with Crippen LogP contribution in [0.1, 0.15) is 5.56 Å². The fourth-order valence-corrected chi connectivity index (χ4v) is 3.11. The largest absolute Gasteiger partial charge is 0.367 e. The number of nitrogens with one attached hydrogen (secondary N) is 1. The van der Waals surface area contributed by atoms with Crippen LogP contribution in [0.25, 0.3) is 0 Å². The van der Waals surface area contributed by atoms with Crippen LogP contribution in [0, 0.1) is 0 Å². The monoisotopic (exact) mass is 378 g/mol. The van der Waals surface area contributed by atoms with E-state index in [4.69, 9.17) is 23.2 Å². The molecule has 0 aliphatic carbocycles. The maximum Gasteiger partial charge on any atom is 0.228 e. The first-order chi connectivity index (χ1) is 12.0. The fourth-order valence-electron chi connectivity index (χ4n) is 2.82. The van der Waals surface area contributed by atoms with Gasteiger partial charge in [-0.1, -0.05) is 29.3 Å². The first kappa shape index (κ1) is 18.0. The third-order valence-electron chi connectivity index (χ3n) is 4.23. The Labute approximate surface area is 157 Å². The van der Waals surface area contributed by atoms with Crippen molar-refractivity contribution >= 4 is 40.5 Å². The minimum Gasteiger partial charge on any atom is -0.367 e. The van der Waals surface area contributed by atoms with Crippen molar-refractivity contribution in [1.82, 2.24) is 9.88 Å². The summed E-state index contributed by atoms with van der Waals surface area (Å²) in [6.07, 6.45) is 1.85. The maximum atomic E-state index is 12.4. The molecule has 1 fully saturated rings. The van der Waals surface area contributed by atoms with Gasteiger partial charge in [0.25, 0.3) is 0 Å². The molecule has 7 heteroatoms. The number of pyridine rings is 1. The molecule has 1 aromatic carbocycles. The topological polar surface area (TPSA) is 48.5 Å². The lowest BCUT2D eigenvalue weighted by atomic mass is 10.2. The molecule has 1 aliphatic heterocycles. The van der Waals surface area contributed by atoms with Crippen molar-refractivity contribution in [1.29, 1.82) is 0 Å². The van der Waals surface area contributed by atoms with Gasteiger partial charge in [0, 0.05) is 37.4 Å². The molecule has 2 aromatic rings. The highest BCUT2D eigenvalue weighted by Crippen LogP contribution is 2.30. The number of carbonyl (C=O) groups is 1. The first-order valence-electron chi connectivity index (χ1n) is 8.14. The number of anilines is 2. The molecule has 0 atom stereocenters. The average Bonchev–Trinajstić information content (AvgIpc) is 2.58. The number of rotatable bonds is 4. The van der Waals surface area contributed by atoms with E-state index < -0.39 is 0 Å². The zero-order chi connectivity index (χ0) is 17.8. The summed E-state index contributed by atoms with van der Waals surface area (Å²) in [5.74, 6) is -0.109. The number of hydrogen-bond acceptors (Lipinski definition) is 4. The molecule has 2 heterocycles. The second kappa shape index (κ2) is 8.04. The molecule has 1 aromatic heterocycles. The molecule has 0 bridgehead atoms. The Morgan fingerprint density at radius 3 is 2.60 bits per heavy atom. The molecule has 1 amide bonds. The first-order valence-corrected chi connectivity index (χ1v) is 8.90. The lowest BCUT2D eigenvalue weighted by Crippen LogP contribution is -2.44. The summed E-state index contributed by atoms with van der Waals surface area (Å²) >= 11 is 11.9. The molecule has 0 unspecified atom stereocenters. The highest BCUT2D eigenvalue weighted by Gasteiger charge is 2.18. The number of aromatic nitrogens is 1. The Morgan fingerprint density at radius 2 is 1.92 bits per heavy atom. The van der Waals surface area contributed by atoms with Crippen LogP contribution in [0.4, 0.5) is 11.4 Å². The molecule has 1 aliphatic rings. The molecule has 3 rings (SSSR count). The Morgan fingerprint density at radius 1 is 1.16 bits per heavy atom. The molecule has 1 saturated heterocycles. The number of amides is 1. The predicted octanol–water partition coefficient (Wildman–Crippen LogP) is 3.32. The van der Waals surface area contributed by atoms with Gasteiger partial charge in [-0.25, -0.2) is 4.98 Å². The Kier molecular flexibility index (Phi) is 5.78. The molecule has 5 nitrogen and oxygen atoms in total. The Balaban J connectivity index is 1.73. The smallest absolute Gasteiger partial charge is 0.228 e. The van der Waals surface area contributed by atoms with E-state index in [2.05, 4.69) is 27.1 Å². The summed E-state index contributed by atoms with van der Waals surface area (Å²) in [7, 11) is 2.11. The zero-order valence-electron chi connectivity index (χ0n) is 14.0. The number of piperazine rings is 1. The van der Waals surface area contributed by atoms with Gasteiger partial charge in [-0.15, -0.1) is 0 Å². The van der Waals surface area contributed by atoms with E-state index in [1.807, 2.05) is 12.1 Å². The quantitative estimate of drug-likeness (QED) is 0.828. The minimum absolute atomic E-state index is 0.109. The Bertz CT molecular complexity index is 743. The van der Waals surface area contributed by atoms with Gasteiger partial charge in [0.15, 0.2) is 0 Å². The van der Waals surface area contributed by atoms with E-state index in [9.17, 15) is 4.79 Å². The van der Waals surface area contributed by atoms with E-state index in [0.717, 1.165) is 43.1 Å². The van der Waals surface area contributed by atoms with Crippen LogP contribution in [0.3, 0.4) is 0 Å². The summed E-state index contributed by atoms with van der Waals surface area (Å²) in [6, 6.07) is 9.10. The van der Waals surface area contributed by atoms with Gasteiger partial charge in [0.05, 0.1) is 17.8 Å². The summed E-state index contributed by atoms with van der Waals surface area (Å²) in [5.41, 5.74) is 2.55. The molecule has 25 heavy (non-hydrogen) atoms. The minimum atomic E-state index is -0.109. The number of nitrogens with zero attached hydrogens (tertiary/aromatic N) is 3. The highest BCUT2D eigenvalue weighted by atomic mass is 35.5. The summed E-state index contributed by atoms with van der Waals surface area (Å²) in [4.78, 5) is 21.0. The van der Waals surface area contributed by atoms with E-state index >= 15 is 0 Å². The van der Waals surface area contributed by atoms with Crippen LogP contribution in [-0.4, -0.2) is 49.0 Å².